The molecule has 1 N–H and O–H groups in total. The number of hydrogen-bond acceptors (Lipinski definition) is 5. The Morgan fingerprint density at radius 1 is 1.00 bits per heavy atom. The predicted octanol–water partition coefficient (Wildman–Crippen LogP) is 7.19. The average molecular weight is 562 g/mol. The number of aliphatic hydroxyl groups is 1. The van der Waals surface area contributed by atoms with Gasteiger partial charge in [0.25, 0.3) is 0 Å². The van der Waals surface area contributed by atoms with Crippen molar-refractivity contribution in [3.8, 4) is 5.88 Å². The van der Waals surface area contributed by atoms with Crippen LogP contribution in [0.25, 0.3) is 21.0 Å². The molecule has 0 amide bonds. The lowest BCUT2D eigenvalue weighted by Crippen LogP contribution is -2.38. The second kappa shape index (κ2) is 10.3. The molecule has 0 aliphatic carbocycles. The van der Waals surface area contributed by atoms with E-state index in [-0.39, 0.29) is 0 Å². The molecule has 0 spiro atoms. The van der Waals surface area contributed by atoms with E-state index in [9.17, 15) is 5.11 Å². The van der Waals surface area contributed by atoms with E-state index in [2.05, 4.69) is 68.7 Å². The van der Waals surface area contributed by atoms with E-state index in [0.29, 0.717) is 12.3 Å². The Morgan fingerprint density at radius 2 is 1.81 bits per heavy atom. The van der Waals surface area contributed by atoms with Gasteiger partial charge in [-0.05, 0) is 67.2 Å². The fraction of sp³-hybridized carbons (Fsp3) is 0.233. The highest BCUT2D eigenvalue weighted by molar-refractivity contribution is 9.10. The highest BCUT2D eigenvalue weighted by Crippen LogP contribution is 2.49. The van der Waals surface area contributed by atoms with E-state index in [0.717, 1.165) is 48.7 Å². The predicted molar refractivity (Wildman–Crippen MR) is 153 cm³/mol. The van der Waals surface area contributed by atoms with E-state index in [1.54, 1.807) is 18.4 Å². The summed E-state index contributed by atoms with van der Waals surface area (Å²) in [6.07, 6.45) is 0.538. The van der Waals surface area contributed by atoms with Crippen molar-refractivity contribution in [3.63, 3.8) is 0 Å². The number of halogens is 1. The summed E-state index contributed by atoms with van der Waals surface area (Å²) in [4.78, 5) is 6.99. The Kier molecular flexibility index (Phi) is 7.13. The van der Waals surface area contributed by atoms with Gasteiger partial charge in [-0.1, -0.05) is 64.5 Å². The van der Waals surface area contributed by atoms with Crippen molar-refractivity contribution >= 4 is 48.3 Å². The highest BCUT2D eigenvalue weighted by Gasteiger charge is 2.43. The summed E-state index contributed by atoms with van der Waals surface area (Å²) < 4.78 is 7.96. The topological polar surface area (TPSA) is 45.6 Å². The monoisotopic (exact) mass is 560 g/mol. The second-order valence-electron chi connectivity index (χ2n) is 9.39. The normalized spacial score (nSPS) is 14.3. The smallest absolute Gasteiger partial charge is 0.217 e. The maximum atomic E-state index is 12.9. The molecule has 3 aromatic carbocycles. The van der Waals surface area contributed by atoms with Crippen molar-refractivity contribution in [2.45, 2.75) is 17.9 Å². The Hall–Kier alpha value is -2.77. The first-order chi connectivity index (χ1) is 17.4. The number of fused-ring (bicyclic) bond motifs is 2. The molecule has 6 heteroatoms. The molecule has 2 unspecified atom stereocenters. The summed E-state index contributed by atoms with van der Waals surface area (Å²) >= 11 is 5.27. The highest BCUT2D eigenvalue weighted by atomic mass is 79.9. The molecule has 5 aromatic rings. The zero-order valence-corrected chi connectivity index (χ0v) is 23.0. The van der Waals surface area contributed by atoms with Crippen LogP contribution in [0.1, 0.15) is 29.0 Å². The van der Waals surface area contributed by atoms with Crippen molar-refractivity contribution in [1.29, 1.82) is 0 Å². The van der Waals surface area contributed by atoms with E-state index in [1.165, 1.54) is 0 Å². The zero-order valence-electron chi connectivity index (χ0n) is 20.6. The van der Waals surface area contributed by atoms with Gasteiger partial charge in [0.1, 0.15) is 5.60 Å². The van der Waals surface area contributed by atoms with Crippen molar-refractivity contribution in [3.05, 3.63) is 105 Å². The molecular weight excluding hydrogens is 532 g/mol. The number of rotatable bonds is 8. The molecule has 2 aromatic heterocycles. The van der Waals surface area contributed by atoms with Crippen molar-refractivity contribution in [1.82, 2.24) is 9.88 Å². The molecule has 2 atom stereocenters. The van der Waals surface area contributed by atoms with Gasteiger partial charge in [-0.2, -0.15) is 0 Å². The first-order valence-corrected chi connectivity index (χ1v) is 13.6. The number of ether oxygens (including phenoxy) is 1. The average Bonchev–Trinajstić information content (AvgIpc) is 3.37. The minimum absolute atomic E-state index is 0.405. The van der Waals surface area contributed by atoms with Gasteiger partial charge in [0.2, 0.25) is 5.88 Å². The number of benzene rings is 3. The van der Waals surface area contributed by atoms with Crippen LogP contribution < -0.4 is 4.74 Å². The third kappa shape index (κ3) is 4.66. The van der Waals surface area contributed by atoms with Crippen LogP contribution in [-0.4, -0.2) is 42.7 Å². The molecule has 0 aliphatic rings. The van der Waals surface area contributed by atoms with E-state index in [4.69, 9.17) is 9.72 Å². The van der Waals surface area contributed by atoms with Crippen LogP contribution in [0.15, 0.2) is 88.7 Å². The summed E-state index contributed by atoms with van der Waals surface area (Å²) in [5.41, 5.74) is 2.45. The number of thiophene rings is 1. The molecule has 0 saturated heterocycles. The van der Waals surface area contributed by atoms with Gasteiger partial charge in [0.15, 0.2) is 0 Å². The number of nitrogens with zero attached hydrogens (tertiary/aromatic N) is 2. The number of pyridine rings is 1. The Balaban J connectivity index is 1.83. The summed E-state index contributed by atoms with van der Waals surface area (Å²) in [5.74, 6) is 0.123. The van der Waals surface area contributed by atoms with Gasteiger partial charge in [0.05, 0.1) is 12.6 Å². The molecule has 36 heavy (non-hydrogen) atoms. The Labute approximate surface area is 224 Å². The van der Waals surface area contributed by atoms with Gasteiger partial charge in [0, 0.05) is 38.1 Å². The fourth-order valence-corrected chi connectivity index (χ4v) is 6.41. The zero-order chi connectivity index (χ0) is 25.3. The summed E-state index contributed by atoms with van der Waals surface area (Å²) in [6, 6.07) is 26.7. The molecule has 0 bridgehead atoms. The number of hydrogen-bond donors (Lipinski definition) is 1. The third-order valence-electron chi connectivity index (χ3n) is 6.77. The lowest BCUT2D eigenvalue weighted by atomic mass is 9.71. The first kappa shape index (κ1) is 24.9. The molecule has 4 nitrogen and oxygen atoms in total. The van der Waals surface area contributed by atoms with E-state index >= 15 is 0 Å². The first-order valence-electron chi connectivity index (χ1n) is 11.9. The van der Waals surface area contributed by atoms with Crippen LogP contribution >= 0.6 is 27.3 Å². The van der Waals surface area contributed by atoms with Crippen LogP contribution in [0.5, 0.6) is 5.88 Å². The lowest BCUT2D eigenvalue weighted by molar-refractivity contribution is 0.00534. The van der Waals surface area contributed by atoms with Crippen molar-refractivity contribution < 1.29 is 9.84 Å². The molecule has 2 heterocycles. The maximum absolute atomic E-state index is 12.9. The summed E-state index contributed by atoms with van der Waals surface area (Å²) in [7, 11) is 5.73. The van der Waals surface area contributed by atoms with Crippen LogP contribution in [-0.2, 0) is 5.60 Å². The third-order valence-corrected chi connectivity index (χ3v) is 8.23. The van der Waals surface area contributed by atoms with Crippen LogP contribution in [0.3, 0.4) is 0 Å². The lowest BCUT2D eigenvalue weighted by Gasteiger charge is -2.39. The minimum atomic E-state index is -1.22. The maximum Gasteiger partial charge on any atom is 0.217 e. The molecular formula is C30H29BrN2O2S. The fourth-order valence-electron chi connectivity index (χ4n) is 5.04. The van der Waals surface area contributed by atoms with Crippen molar-refractivity contribution in [2.75, 3.05) is 27.7 Å². The van der Waals surface area contributed by atoms with Crippen LogP contribution in [0.4, 0.5) is 0 Å². The molecule has 184 valence electrons. The largest absolute Gasteiger partial charge is 0.481 e. The quantitative estimate of drug-likeness (QED) is 0.218. The Morgan fingerprint density at radius 3 is 2.56 bits per heavy atom. The number of methoxy groups -OCH3 is 1. The van der Waals surface area contributed by atoms with Crippen LogP contribution in [0.2, 0.25) is 0 Å². The van der Waals surface area contributed by atoms with E-state index in [1.807, 2.05) is 50.5 Å². The Bertz CT molecular complexity index is 1500. The number of aromatic nitrogens is 1. The van der Waals surface area contributed by atoms with E-state index < -0.39 is 11.5 Å². The standard InChI is InChI=1S/C30H29BrN2O2S/c1-33(2)16-15-30(34,25-11-7-10-21-14-17-36-28(21)25)27(20-8-5-4-6-9-20)24-19-22-18-23(31)12-13-26(22)32-29(24)35-3/h4-14,17-19,27,34H,15-16H2,1-3H3. The van der Waals surface area contributed by atoms with Crippen molar-refractivity contribution in [2.24, 2.45) is 0 Å². The van der Waals surface area contributed by atoms with Crippen LogP contribution in [0, 0.1) is 0 Å². The van der Waals surface area contributed by atoms with Gasteiger partial charge in [-0.15, -0.1) is 11.3 Å². The van der Waals surface area contributed by atoms with Gasteiger partial charge in [-0.3, -0.25) is 0 Å². The summed E-state index contributed by atoms with van der Waals surface area (Å²) in [5, 5.41) is 17.2. The molecule has 0 fully saturated rings. The molecule has 0 saturated carbocycles. The molecule has 5 rings (SSSR count). The summed E-state index contributed by atoms with van der Waals surface area (Å²) in [6.45, 7) is 0.719. The van der Waals surface area contributed by atoms with Gasteiger partial charge >= 0.3 is 0 Å². The molecule has 0 radical (unpaired) electrons. The molecule has 0 aliphatic heterocycles. The SMILES string of the molecule is COc1nc2ccc(Br)cc2cc1C(c1ccccc1)C(O)(CCN(C)C)c1cccc2ccsc12. The van der Waals surface area contributed by atoms with Gasteiger partial charge < -0.3 is 14.7 Å². The second-order valence-corrected chi connectivity index (χ2v) is 11.2. The minimum Gasteiger partial charge on any atom is -0.481 e. The van der Waals surface area contributed by atoms with Gasteiger partial charge in [-0.25, -0.2) is 4.98 Å².